The molecule has 0 atom stereocenters. The second kappa shape index (κ2) is 5.64. The molecule has 1 aromatic carbocycles. The zero-order valence-electron chi connectivity index (χ0n) is 10.5. The second-order valence-corrected chi connectivity index (χ2v) is 4.35. The molecule has 1 fully saturated rings. The average molecular weight is 277 g/mol. The van der Waals surface area contributed by atoms with Gasteiger partial charge in [-0.15, -0.1) is 0 Å². The first-order valence-corrected chi connectivity index (χ1v) is 6.05. The minimum atomic E-state index is -1.19. The largest absolute Gasteiger partial charge is 0.478 e. The van der Waals surface area contributed by atoms with Gasteiger partial charge in [-0.2, -0.15) is 0 Å². The van der Waals surface area contributed by atoms with Crippen LogP contribution in [0.4, 0.5) is 10.1 Å². The van der Waals surface area contributed by atoms with E-state index in [0.29, 0.717) is 6.42 Å². The molecule has 6 heteroatoms. The van der Waals surface area contributed by atoms with Crippen molar-refractivity contribution in [3.63, 3.8) is 0 Å². The topological polar surface area (TPSA) is 74.7 Å². The van der Waals surface area contributed by atoms with Crippen LogP contribution in [0.15, 0.2) is 24.3 Å². The SMILES string of the molecule is O=C(O)C=Cc1ccc(N2C(=O)CCCC2=O)cc1F. The predicted molar refractivity (Wildman–Crippen MR) is 69.4 cm³/mol. The summed E-state index contributed by atoms with van der Waals surface area (Å²) in [7, 11) is 0. The summed E-state index contributed by atoms with van der Waals surface area (Å²) in [5.74, 6) is -2.58. The highest BCUT2D eigenvalue weighted by molar-refractivity contribution is 6.16. The smallest absolute Gasteiger partial charge is 0.328 e. The van der Waals surface area contributed by atoms with Crippen molar-refractivity contribution in [1.29, 1.82) is 0 Å². The van der Waals surface area contributed by atoms with E-state index < -0.39 is 11.8 Å². The molecule has 1 heterocycles. The van der Waals surface area contributed by atoms with Gasteiger partial charge in [0.1, 0.15) is 5.82 Å². The number of aliphatic carboxylic acids is 1. The zero-order chi connectivity index (χ0) is 14.7. The number of anilines is 1. The molecule has 2 amide bonds. The molecule has 1 aliphatic rings. The molecular formula is C14H12FNO4. The van der Waals surface area contributed by atoms with Gasteiger partial charge in [0.05, 0.1) is 5.69 Å². The van der Waals surface area contributed by atoms with Crippen molar-refractivity contribution < 1.29 is 23.9 Å². The number of benzene rings is 1. The molecule has 1 saturated heterocycles. The molecule has 0 spiro atoms. The molecule has 104 valence electrons. The first kappa shape index (κ1) is 13.9. The quantitative estimate of drug-likeness (QED) is 0.677. The van der Waals surface area contributed by atoms with Crippen LogP contribution in [0.2, 0.25) is 0 Å². The number of nitrogens with zero attached hydrogens (tertiary/aromatic N) is 1. The average Bonchev–Trinajstić information content (AvgIpc) is 2.37. The fourth-order valence-corrected chi connectivity index (χ4v) is 1.99. The number of carboxylic acid groups (broad SMARTS) is 1. The summed E-state index contributed by atoms with van der Waals surface area (Å²) in [6.45, 7) is 0. The van der Waals surface area contributed by atoms with Gasteiger partial charge in [0.25, 0.3) is 0 Å². The molecule has 5 nitrogen and oxygen atoms in total. The lowest BCUT2D eigenvalue weighted by molar-refractivity contribution is -0.131. The second-order valence-electron chi connectivity index (χ2n) is 4.35. The van der Waals surface area contributed by atoms with Gasteiger partial charge in [-0.25, -0.2) is 9.18 Å². The molecular weight excluding hydrogens is 265 g/mol. The molecule has 2 rings (SSSR count). The Balaban J connectivity index is 2.30. The number of carbonyl (C=O) groups excluding carboxylic acids is 2. The predicted octanol–water partition coefficient (Wildman–Crippen LogP) is 1.97. The van der Waals surface area contributed by atoms with Crippen molar-refractivity contribution in [2.45, 2.75) is 19.3 Å². The van der Waals surface area contributed by atoms with E-state index >= 15 is 0 Å². The van der Waals surface area contributed by atoms with E-state index in [1.165, 1.54) is 12.1 Å². The van der Waals surface area contributed by atoms with Crippen molar-refractivity contribution in [2.24, 2.45) is 0 Å². The maximum atomic E-state index is 13.8. The van der Waals surface area contributed by atoms with Gasteiger partial charge >= 0.3 is 5.97 Å². The van der Waals surface area contributed by atoms with E-state index in [9.17, 15) is 18.8 Å². The first-order valence-electron chi connectivity index (χ1n) is 6.05. The highest BCUT2D eigenvalue weighted by Gasteiger charge is 2.27. The van der Waals surface area contributed by atoms with Gasteiger partial charge in [-0.3, -0.25) is 14.5 Å². The van der Waals surface area contributed by atoms with Crippen molar-refractivity contribution in [2.75, 3.05) is 4.90 Å². The van der Waals surface area contributed by atoms with Crippen LogP contribution in [0, 0.1) is 5.82 Å². The molecule has 0 unspecified atom stereocenters. The standard InChI is InChI=1S/C14H12FNO4/c15-11-8-10(6-4-9(11)5-7-14(19)20)16-12(17)2-1-3-13(16)18/h4-8H,1-3H2,(H,19,20). The Morgan fingerprint density at radius 3 is 2.45 bits per heavy atom. The molecule has 1 aliphatic heterocycles. The summed E-state index contributed by atoms with van der Waals surface area (Å²) in [4.78, 5) is 34.8. The lowest BCUT2D eigenvalue weighted by atomic mass is 10.1. The molecule has 20 heavy (non-hydrogen) atoms. The Morgan fingerprint density at radius 2 is 1.90 bits per heavy atom. The number of amides is 2. The van der Waals surface area contributed by atoms with Gasteiger partial charge in [0.15, 0.2) is 0 Å². The van der Waals surface area contributed by atoms with Crippen molar-refractivity contribution in [3.8, 4) is 0 Å². The minimum absolute atomic E-state index is 0.0769. The monoisotopic (exact) mass is 277 g/mol. The summed E-state index contributed by atoms with van der Waals surface area (Å²) < 4.78 is 13.8. The van der Waals surface area contributed by atoms with Crippen LogP contribution in [-0.4, -0.2) is 22.9 Å². The van der Waals surface area contributed by atoms with Gasteiger partial charge < -0.3 is 5.11 Å². The maximum absolute atomic E-state index is 13.8. The summed E-state index contributed by atoms with van der Waals surface area (Å²) in [5, 5.41) is 8.49. The minimum Gasteiger partial charge on any atom is -0.478 e. The van der Waals surface area contributed by atoms with Crippen LogP contribution in [0.25, 0.3) is 6.08 Å². The number of carbonyl (C=O) groups is 3. The Kier molecular flexibility index (Phi) is 3.93. The Labute approximate surface area is 114 Å². The number of imide groups is 1. The number of halogens is 1. The van der Waals surface area contributed by atoms with Crippen LogP contribution < -0.4 is 4.90 Å². The molecule has 0 aliphatic carbocycles. The fourth-order valence-electron chi connectivity index (χ4n) is 1.99. The molecule has 0 bridgehead atoms. The lowest BCUT2D eigenvalue weighted by Crippen LogP contribution is -2.40. The summed E-state index contributed by atoms with van der Waals surface area (Å²) in [5.41, 5.74) is 0.248. The third-order valence-corrected chi connectivity index (χ3v) is 2.93. The van der Waals surface area contributed by atoms with Crippen LogP contribution in [0.1, 0.15) is 24.8 Å². The first-order chi connectivity index (χ1) is 9.49. The number of piperidine rings is 1. The highest BCUT2D eigenvalue weighted by atomic mass is 19.1. The van der Waals surface area contributed by atoms with E-state index in [-0.39, 0.29) is 35.9 Å². The lowest BCUT2D eigenvalue weighted by Gasteiger charge is -2.25. The molecule has 1 aromatic rings. The van der Waals surface area contributed by atoms with E-state index in [1.807, 2.05) is 0 Å². The third-order valence-electron chi connectivity index (χ3n) is 2.93. The normalized spacial score (nSPS) is 15.9. The Hall–Kier alpha value is -2.50. The van der Waals surface area contributed by atoms with Gasteiger partial charge in [-0.1, -0.05) is 0 Å². The van der Waals surface area contributed by atoms with Crippen LogP contribution >= 0.6 is 0 Å². The Bertz CT molecular complexity index is 593. The van der Waals surface area contributed by atoms with Crippen LogP contribution in [0.3, 0.4) is 0 Å². The maximum Gasteiger partial charge on any atom is 0.328 e. The van der Waals surface area contributed by atoms with E-state index in [1.54, 1.807) is 0 Å². The molecule has 0 aromatic heterocycles. The van der Waals surface area contributed by atoms with E-state index in [2.05, 4.69) is 0 Å². The third kappa shape index (κ3) is 2.90. The number of rotatable bonds is 3. The fraction of sp³-hybridized carbons (Fsp3) is 0.214. The van der Waals surface area contributed by atoms with Crippen molar-refractivity contribution >= 4 is 29.5 Å². The van der Waals surface area contributed by atoms with Gasteiger partial charge in [0, 0.05) is 24.5 Å². The van der Waals surface area contributed by atoms with E-state index in [4.69, 9.17) is 5.11 Å². The molecule has 1 N–H and O–H groups in total. The van der Waals surface area contributed by atoms with Crippen LogP contribution in [-0.2, 0) is 14.4 Å². The van der Waals surface area contributed by atoms with Crippen LogP contribution in [0.5, 0.6) is 0 Å². The van der Waals surface area contributed by atoms with E-state index in [0.717, 1.165) is 23.1 Å². The molecule has 0 radical (unpaired) electrons. The number of hydrogen-bond acceptors (Lipinski definition) is 3. The molecule has 0 saturated carbocycles. The van der Waals surface area contributed by atoms with Gasteiger partial charge in [-0.05, 0) is 30.7 Å². The zero-order valence-corrected chi connectivity index (χ0v) is 10.5. The number of carboxylic acids is 1. The van der Waals surface area contributed by atoms with Crippen molar-refractivity contribution in [1.82, 2.24) is 0 Å². The summed E-state index contributed by atoms with van der Waals surface area (Å²) in [6, 6.07) is 3.81. The van der Waals surface area contributed by atoms with Crippen molar-refractivity contribution in [3.05, 3.63) is 35.7 Å². The summed E-state index contributed by atoms with van der Waals surface area (Å²) in [6.07, 6.45) is 2.95. The Morgan fingerprint density at radius 1 is 1.25 bits per heavy atom. The number of hydrogen-bond donors (Lipinski definition) is 1. The summed E-state index contributed by atoms with van der Waals surface area (Å²) >= 11 is 0. The highest BCUT2D eigenvalue weighted by Crippen LogP contribution is 2.24. The van der Waals surface area contributed by atoms with Gasteiger partial charge in [0.2, 0.25) is 11.8 Å².